The fourth-order valence-corrected chi connectivity index (χ4v) is 4.60. The minimum absolute atomic E-state index is 0.0333. The van der Waals surface area contributed by atoms with Gasteiger partial charge in [-0.15, -0.1) is 0 Å². The molecule has 150 valence electrons. The first-order valence-corrected chi connectivity index (χ1v) is 8.83. The Bertz CT molecular complexity index is 724. The molecule has 4 rings (SSSR count). The second-order valence-corrected chi connectivity index (χ2v) is 7.57. The van der Waals surface area contributed by atoms with Crippen LogP contribution in [0.15, 0.2) is 22.7 Å². The minimum Gasteiger partial charge on any atom is -0.486 e. The fraction of sp³-hybridized carbons (Fsp3) is 0.706. The van der Waals surface area contributed by atoms with E-state index in [1.807, 2.05) is 0 Å². The number of halogens is 6. The molecule has 1 N–H and O–H groups in total. The topological polar surface area (TPSA) is 41.6 Å². The number of rotatable bonds is 1. The lowest BCUT2D eigenvalue weighted by atomic mass is 9.89. The third kappa shape index (κ3) is 3.50. The smallest absolute Gasteiger partial charge is 0.485 e. The Labute approximate surface area is 151 Å². The lowest BCUT2D eigenvalue weighted by Crippen LogP contribution is -2.48. The zero-order valence-corrected chi connectivity index (χ0v) is 14.2. The standard InChI is InChI=1S/C17H18F6N2O2/c18-16(19,20)6-8-3-12-14(4-8)27-15-10-5-9(26)7-25(17(21,22)23)13(10)2-1-11(15)24-12/h8,12,14,24H,1-7H2. The van der Waals surface area contributed by atoms with E-state index in [4.69, 9.17) is 4.74 Å². The van der Waals surface area contributed by atoms with E-state index < -0.39 is 43.2 Å². The highest BCUT2D eigenvalue weighted by molar-refractivity contribution is 5.85. The number of hydrogen-bond donors (Lipinski definition) is 1. The highest BCUT2D eigenvalue weighted by Crippen LogP contribution is 2.46. The molecule has 1 saturated carbocycles. The van der Waals surface area contributed by atoms with Crippen molar-refractivity contribution in [3.63, 3.8) is 0 Å². The van der Waals surface area contributed by atoms with Crippen LogP contribution in [0.4, 0.5) is 26.3 Å². The molecule has 1 fully saturated rings. The number of carbonyl (C=O) groups is 1. The van der Waals surface area contributed by atoms with Gasteiger partial charge in [-0.3, -0.25) is 9.69 Å². The average Bonchev–Trinajstić information content (AvgIpc) is 2.90. The first-order valence-electron chi connectivity index (χ1n) is 8.83. The molecule has 2 heterocycles. The predicted octanol–water partition coefficient (Wildman–Crippen LogP) is 3.76. The van der Waals surface area contributed by atoms with Crippen molar-refractivity contribution in [2.75, 3.05) is 6.54 Å². The quantitative estimate of drug-likeness (QED) is 0.541. The Morgan fingerprint density at radius 1 is 1.11 bits per heavy atom. The first kappa shape index (κ1) is 18.5. The van der Waals surface area contributed by atoms with Gasteiger partial charge in [0.2, 0.25) is 0 Å². The summed E-state index contributed by atoms with van der Waals surface area (Å²) < 4.78 is 83.8. The Kier molecular flexibility index (Phi) is 4.15. The third-order valence-corrected chi connectivity index (χ3v) is 5.60. The van der Waals surface area contributed by atoms with E-state index in [9.17, 15) is 31.1 Å². The van der Waals surface area contributed by atoms with E-state index in [0.29, 0.717) is 12.1 Å². The van der Waals surface area contributed by atoms with Crippen molar-refractivity contribution in [1.29, 1.82) is 0 Å². The molecule has 0 saturated heterocycles. The van der Waals surface area contributed by atoms with Crippen molar-refractivity contribution in [3.8, 4) is 0 Å². The van der Waals surface area contributed by atoms with Gasteiger partial charge in [-0.25, -0.2) is 0 Å². The van der Waals surface area contributed by atoms with Crippen LogP contribution in [-0.2, 0) is 9.53 Å². The van der Waals surface area contributed by atoms with E-state index in [0.717, 1.165) is 0 Å². The molecule has 4 nitrogen and oxygen atoms in total. The number of carbonyl (C=O) groups excluding carboxylic acids is 1. The van der Waals surface area contributed by atoms with E-state index in [1.165, 1.54) is 0 Å². The summed E-state index contributed by atoms with van der Waals surface area (Å²) in [7, 11) is 0. The summed E-state index contributed by atoms with van der Waals surface area (Å²) in [4.78, 5) is 12.0. The van der Waals surface area contributed by atoms with Crippen molar-refractivity contribution in [2.24, 2.45) is 5.92 Å². The molecule has 0 amide bonds. The molecule has 0 spiro atoms. The van der Waals surface area contributed by atoms with Crippen LogP contribution in [-0.4, -0.2) is 41.9 Å². The summed E-state index contributed by atoms with van der Waals surface area (Å²) in [6.07, 6.45) is -9.61. The summed E-state index contributed by atoms with van der Waals surface area (Å²) >= 11 is 0. The zero-order valence-electron chi connectivity index (χ0n) is 14.2. The average molecular weight is 396 g/mol. The summed E-state index contributed by atoms with van der Waals surface area (Å²) in [5, 5.41) is 3.18. The molecule has 10 heteroatoms. The highest BCUT2D eigenvalue weighted by Gasteiger charge is 2.49. The van der Waals surface area contributed by atoms with Gasteiger partial charge in [0.05, 0.1) is 18.3 Å². The van der Waals surface area contributed by atoms with Crippen LogP contribution in [0, 0.1) is 5.92 Å². The highest BCUT2D eigenvalue weighted by atomic mass is 19.4. The molecular formula is C17H18F6N2O2. The van der Waals surface area contributed by atoms with Crippen molar-refractivity contribution in [2.45, 2.75) is 63.1 Å². The fourth-order valence-electron chi connectivity index (χ4n) is 4.60. The Morgan fingerprint density at radius 2 is 1.85 bits per heavy atom. The number of fused-ring (bicyclic) bond motifs is 2. The van der Waals surface area contributed by atoms with Gasteiger partial charge in [0.25, 0.3) is 0 Å². The molecule has 3 atom stereocenters. The predicted molar refractivity (Wildman–Crippen MR) is 80.9 cm³/mol. The SMILES string of the molecule is O=C1CC2=C(CCC3=C2OC2CC(CC(F)(F)F)CC2N3)N(C(F)(F)F)C1. The Hall–Kier alpha value is -1.87. The van der Waals surface area contributed by atoms with Crippen LogP contribution in [0.1, 0.15) is 38.5 Å². The number of hydrogen-bond acceptors (Lipinski definition) is 4. The van der Waals surface area contributed by atoms with E-state index >= 15 is 0 Å². The van der Waals surface area contributed by atoms with Gasteiger partial charge in [0, 0.05) is 24.1 Å². The molecule has 0 aromatic rings. The molecule has 27 heavy (non-hydrogen) atoms. The first-order chi connectivity index (χ1) is 12.5. The number of allylic oxidation sites excluding steroid dienone is 3. The summed E-state index contributed by atoms with van der Waals surface area (Å²) in [6.45, 7) is -0.710. The van der Waals surface area contributed by atoms with Crippen molar-refractivity contribution in [3.05, 3.63) is 22.7 Å². The number of nitrogens with zero attached hydrogens (tertiary/aromatic N) is 1. The number of Topliss-reactive ketones (excluding diaryl/α,β-unsaturated/α-hetero) is 1. The molecule has 0 radical (unpaired) electrons. The molecule has 0 aromatic carbocycles. The summed E-state index contributed by atoms with van der Waals surface area (Å²) in [5.41, 5.74) is 0.848. The van der Waals surface area contributed by atoms with Gasteiger partial charge < -0.3 is 10.1 Å². The molecule has 4 aliphatic rings. The van der Waals surface area contributed by atoms with Crippen LogP contribution in [0.25, 0.3) is 0 Å². The second kappa shape index (κ2) is 6.07. The van der Waals surface area contributed by atoms with Gasteiger partial charge >= 0.3 is 12.5 Å². The normalized spacial score (nSPS) is 31.3. The summed E-state index contributed by atoms with van der Waals surface area (Å²) in [5.74, 6) is -0.915. The van der Waals surface area contributed by atoms with Gasteiger partial charge in [0.15, 0.2) is 5.78 Å². The summed E-state index contributed by atoms with van der Waals surface area (Å²) in [6, 6.07) is -0.281. The number of ether oxygens (including phenoxy) is 1. The molecule has 2 aliphatic carbocycles. The van der Waals surface area contributed by atoms with Crippen LogP contribution in [0.3, 0.4) is 0 Å². The second-order valence-electron chi connectivity index (χ2n) is 7.57. The number of ketones is 1. The lowest BCUT2D eigenvalue weighted by molar-refractivity contribution is -0.234. The maximum absolute atomic E-state index is 13.3. The van der Waals surface area contributed by atoms with Gasteiger partial charge in [-0.05, 0) is 31.6 Å². The molecule has 0 aromatic heterocycles. The van der Waals surface area contributed by atoms with Crippen molar-refractivity contribution >= 4 is 5.78 Å². The van der Waals surface area contributed by atoms with Crippen molar-refractivity contribution < 1.29 is 35.9 Å². The molecule has 3 unspecified atom stereocenters. The molecule has 0 bridgehead atoms. The Morgan fingerprint density at radius 3 is 2.52 bits per heavy atom. The zero-order chi connectivity index (χ0) is 19.6. The van der Waals surface area contributed by atoms with E-state index in [2.05, 4.69) is 5.32 Å². The van der Waals surface area contributed by atoms with E-state index in [1.54, 1.807) is 0 Å². The molecular weight excluding hydrogens is 378 g/mol. The monoisotopic (exact) mass is 396 g/mol. The maximum atomic E-state index is 13.3. The van der Waals surface area contributed by atoms with Crippen LogP contribution in [0.5, 0.6) is 0 Å². The largest absolute Gasteiger partial charge is 0.486 e. The van der Waals surface area contributed by atoms with Crippen LogP contribution in [0.2, 0.25) is 0 Å². The van der Waals surface area contributed by atoms with Gasteiger partial charge in [0.1, 0.15) is 11.9 Å². The van der Waals surface area contributed by atoms with Gasteiger partial charge in [-0.1, -0.05) is 0 Å². The van der Waals surface area contributed by atoms with E-state index in [-0.39, 0.29) is 53.7 Å². The van der Waals surface area contributed by atoms with Crippen LogP contribution >= 0.6 is 0 Å². The lowest BCUT2D eigenvalue weighted by Gasteiger charge is -2.41. The Balaban J connectivity index is 1.58. The third-order valence-electron chi connectivity index (χ3n) is 5.60. The van der Waals surface area contributed by atoms with Crippen LogP contribution < -0.4 is 5.32 Å². The van der Waals surface area contributed by atoms with Crippen molar-refractivity contribution in [1.82, 2.24) is 10.2 Å². The number of alkyl halides is 6. The van der Waals surface area contributed by atoms with Gasteiger partial charge in [-0.2, -0.15) is 26.3 Å². The number of nitrogens with one attached hydrogen (secondary N) is 1. The maximum Gasteiger partial charge on any atom is 0.485 e. The molecule has 2 aliphatic heterocycles. The minimum atomic E-state index is -4.66.